The summed E-state index contributed by atoms with van der Waals surface area (Å²) in [5.41, 5.74) is 1.39. The Morgan fingerprint density at radius 3 is 2.76 bits per heavy atom. The number of nitrogens with one attached hydrogen (secondary N) is 1. The Labute approximate surface area is 128 Å². The number of para-hydroxylation sites is 1. The van der Waals surface area contributed by atoms with Crippen molar-refractivity contribution >= 4 is 0 Å². The molecular weight excluding hydrogens is 260 g/mol. The Morgan fingerprint density at radius 2 is 2.00 bits per heavy atom. The molecule has 0 spiro atoms. The maximum atomic E-state index is 5.89. The van der Waals surface area contributed by atoms with Crippen molar-refractivity contribution in [2.24, 2.45) is 11.8 Å². The molecule has 1 saturated heterocycles. The smallest absolute Gasteiger partial charge is 0.124 e. The molecule has 1 aromatic rings. The van der Waals surface area contributed by atoms with Gasteiger partial charge in [0.05, 0.1) is 6.61 Å². The molecule has 2 atom stereocenters. The van der Waals surface area contributed by atoms with E-state index in [1.807, 2.05) is 0 Å². The molecule has 0 aromatic heterocycles. The lowest BCUT2D eigenvalue weighted by Gasteiger charge is -2.43. The first kappa shape index (κ1) is 14.9. The number of likely N-dealkylation sites (tertiary alicyclic amines) is 1. The van der Waals surface area contributed by atoms with Crippen molar-refractivity contribution in [3.8, 4) is 5.75 Å². The molecule has 1 N–H and O–H groups in total. The van der Waals surface area contributed by atoms with E-state index in [1.54, 1.807) is 0 Å². The van der Waals surface area contributed by atoms with Crippen molar-refractivity contribution in [1.82, 2.24) is 10.2 Å². The minimum Gasteiger partial charge on any atom is -0.493 e. The number of rotatable bonds is 4. The van der Waals surface area contributed by atoms with Gasteiger partial charge in [-0.05, 0) is 51.0 Å². The second-order valence-corrected chi connectivity index (χ2v) is 6.56. The third kappa shape index (κ3) is 3.24. The van der Waals surface area contributed by atoms with Gasteiger partial charge in [0.2, 0.25) is 0 Å². The van der Waals surface area contributed by atoms with E-state index in [2.05, 4.69) is 48.3 Å². The number of piperidine rings is 1. The molecule has 2 aliphatic heterocycles. The van der Waals surface area contributed by atoms with Crippen molar-refractivity contribution in [3.63, 3.8) is 0 Å². The Morgan fingerprint density at radius 1 is 1.24 bits per heavy atom. The van der Waals surface area contributed by atoms with Crippen molar-refractivity contribution < 1.29 is 4.74 Å². The zero-order valence-electron chi connectivity index (χ0n) is 13.3. The lowest BCUT2D eigenvalue weighted by Crippen LogP contribution is -2.43. The molecule has 0 radical (unpaired) electrons. The maximum absolute atomic E-state index is 5.89. The van der Waals surface area contributed by atoms with Gasteiger partial charge in [-0.25, -0.2) is 0 Å². The van der Waals surface area contributed by atoms with Crippen LogP contribution in [-0.4, -0.2) is 37.7 Å². The summed E-state index contributed by atoms with van der Waals surface area (Å²) in [4.78, 5) is 2.69. The normalized spacial score (nSPS) is 27.1. The lowest BCUT2D eigenvalue weighted by atomic mass is 9.87. The fraction of sp³-hybridized carbons (Fsp3) is 0.667. The van der Waals surface area contributed by atoms with Crippen molar-refractivity contribution in [3.05, 3.63) is 29.8 Å². The summed E-state index contributed by atoms with van der Waals surface area (Å²) in [5, 5.41) is 3.50. The monoisotopic (exact) mass is 288 g/mol. The highest BCUT2D eigenvalue weighted by Gasteiger charge is 2.34. The van der Waals surface area contributed by atoms with Crippen molar-refractivity contribution in [2.45, 2.75) is 32.7 Å². The van der Waals surface area contributed by atoms with Crippen LogP contribution in [0.2, 0.25) is 0 Å². The highest BCUT2D eigenvalue weighted by atomic mass is 16.5. The molecule has 21 heavy (non-hydrogen) atoms. The van der Waals surface area contributed by atoms with E-state index in [9.17, 15) is 0 Å². The van der Waals surface area contributed by atoms with E-state index in [-0.39, 0.29) is 0 Å². The quantitative estimate of drug-likeness (QED) is 0.921. The molecule has 0 amide bonds. The molecule has 2 unspecified atom stereocenters. The van der Waals surface area contributed by atoms with Crippen LogP contribution in [0.25, 0.3) is 0 Å². The van der Waals surface area contributed by atoms with Crippen LogP contribution >= 0.6 is 0 Å². The van der Waals surface area contributed by atoms with Gasteiger partial charge in [0.25, 0.3) is 0 Å². The van der Waals surface area contributed by atoms with E-state index in [0.717, 1.165) is 24.8 Å². The predicted molar refractivity (Wildman–Crippen MR) is 86.7 cm³/mol. The van der Waals surface area contributed by atoms with Crippen LogP contribution in [0.3, 0.4) is 0 Å². The Hall–Kier alpha value is -1.06. The van der Waals surface area contributed by atoms with E-state index < -0.39 is 0 Å². The first-order valence-electron chi connectivity index (χ1n) is 8.46. The second kappa shape index (κ2) is 6.80. The molecule has 0 bridgehead atoms. The molecule has 0 aliphatic carbocycles. The second-order valence-electron chi connectivity index (χ2n) is 6.56. The van der Waals surface area contributed by atoms with E-state index >= 15 is 0 Å². The van der Waals surface area contributed by atoms with Crippen LogP contribution in [0.15, 0.2) is 24.3 Å². The average molecular weight is 288 g/mol. The topological polar surface area (TPSA) is 24.5 Å². The van der Waals surface area contributed by atoms with Gasteiger partial charge in [0.15, 0.2) is 0 Å². The van der Waals surface area contributed by atoms with Crippen LogP contribution in [-0.2, 0) is 0 Å². The summed E-state index contributed by atoms with van der Waals surface area (Å²) in [6.45, 7) is 10.1. The SMILES string of the molecule is CCNCC1CCN(C2c3ccccc3OCC2C)CC1. The van der Waals surface area contributed by atoms with Gasteiger partial charge in [-0.15, -0.1) is 0 Å². The Balaban J connectivity index is 1.67. The summed E-state index contributed by atoms with van der Waals surface area (Å²) in [6, 6.07) is 9.13. The zero-order chi connectivity index (χ0) is 14.7. The molecular formula is C18H28N2O. The number of ether oxygens (including phenoxy) is 1. The molecule has 0 saturated carbocycles. The van der Waals surface area contributed by atoms with Crippen LogP contribution in [0, 0.1) is 11.8 Å². The van der Waals surface area contributed by atoms with E-state index in [4.69, 9.17) is 4.74 Å². The van der Waals surface area contributed by atoms with Crippen LogP contribution in [0.1, 0.15) is 38.3 Å². The molecule has 116 valence electrons. The highest BCUT2D eigenvalue weighted by molar-refractivity contribution is 5.38. The van der Waals surface area contributed by atoms with Gasteiger partial charge in [-0.3, -0.25) is 4.90 Å². The van der Waals surface area contributed by atoms with Gasteiger partial charge in [-0.1, -0.05) is 32.0 Å². The minimum atomic E-state index is 0.537. The van der Waals surface area contributed by atoms with Gasteiger partial charge in [0.1, 0.15) is 5.75 Å². The lowest BCUT2D eigenvalue weighted by molar-refractivity contribution is 0.0611. The summed E-state index contributed by atoms with van der Waals surface area (Å²) in [7, 11) is 0. The van der Waals surface area contributed by atoms with Gasteiger partial charge < -0.3 is 10.1 Å². The third-order valence-corrected chi connectivity index (χ3v) is 5.00. The Kier molecular flexibility index (Phi) is 4.81. The molecule has 2 aliphatic rings. The molecule has 3 rings (SSSR count). The Bertz CT molecular complexity index is 454. The summed E-state index contributed by atoms with van der Waals surface area (Å²) < 4.78 is 5.89. The van der Waals surface area contributed by atoms with Crippen LogP contribution in [0.5, 0.6) is 5.75 Å². The largest absolute Gasteiger partial charge is 0.493 e. The summed E-state index contributed by atoms with van der Waals surface area (Å²) >= 11 is 0. The first-order chi connectivity index (χ1) is 10.3. The van der Waals surface area contributed by atoms with Gasteiger partial charge in [0, 0.05) is 17.5 Å². The highest BCUT2D eigenvalue weighted by Crippen LogP contribution is 2.40. The number of nitrogens with zero attached hydrogens (tertiary/aromatic N) is 1. The minimum absolute atomic E-state index is 0.537. The van der Waals surface area contributed by atoms with Crippen LogP contribution in [0.4, 0.5) is 0 Å². The van der Waals surface area contributed by atoms with Crippen molar-refractivity contribution in [2.75, 3.05) is 32.8 Å². The predicted octanol–water partition coefficient (Wildman–Crippen LogP) is 3.08. The number of hydrogen-bond acceptors (Lipinski definition) is 3. The van der Waals surface area contributed by atoms with Crippen molar-refractivity contribution in [1.29, 1.82) is 0 Å². The summed E-state index contributed by atoms with van der Waals surface area (Å²) in [5.74, 6) is 2.52. The number of hydrogen-bond donors (Lipinski definition) is 1. The maximum Gasteiger partial charge on any atom is 0.124 e. The fourth-order valence-electron chi connectivity index (χ4n) is 3.82. The molecule has 1 aromatic carbocycles. The number of benzene rings is 1. The van der Waals surface area contributed by atoms with Gasteiger partial charge >= 0.3 is 0 Å². The standard InChI is InChI=1S/C18H28N2O/c1-3-19-12-15-8-10-20(11-9-15)18-14(2)13-21-17-7-5-4-6-16(17)18/h4-7,14-15,18-19H,3,8-13H2,1-2H3. The number of fused-ring (bicyclic) bond motifs is 1. The average Bonchev–Trinajstić information content (AvgIpc) is 2.53. The van der Waals surface area contributed by atoms with E-state index in [1.165, 1.54) is 38.0 Å². The van der Waals surface area contributed by atoms with Gasteiger partial charge in [-0.2, -0.15) is 0 Å². The molecule has 2 heterocycles. The third-order valence-electron chi connectivity index (χ3n) is 5.00. The molecule has 3 heteroatoms. The fourth-order valence-corrected chi connectivity index (χ4v) is 3.82. The first-order valence-corrected chi connectivity index (χ1v) is 8.46. The molecule has 1 fully saturated rings. The molecule has 3 nitrogen and oxygen atoms in total. The van der Waals surface area contributed by atoms with Crippen LogP contribution < -0.4 is 10.1 Å². The zero-order valence-corrected chi connectivity index (χ0v) is 13.3. The van der Waals surface area contributed by atoms with E-state index in [0.29, 0.717) is 12.0 Å². The summed E-state index contributed by atoms with van der Waals surface area (Å²) in [6.07, 6.45) is 2.64.